The van der Waals surface area contributed by atoms with Crippen LogP contribution in [0.4, 0.5) is 4.39 Å². The fraction of sp³-hybridized carbons (Fsp3) is 0.273. The molecule has 1 aromatic carbocycles. The second kappa shape index (κ2) is 6.46. The van der Waals surface area contributed by atoms with Gasteiger partial charge in [-0.25, -0.2) is 4.39 Å². The number of nitrogens with two attached hydrogens (primary N) is 1. The van der Waals surface area contributed by atoms with Gasteiger partial charge in [0.2, 0.25) is 5.91 Å². The molecule has 0 radical (unpaired) electrons. The van der Waals surface area contributed by atoms with Gasteiger partial charge in [0.1, 0.15) is 5.82 Å². The Balaban J connectivity index is 2.57. The molecule has 7 heteroatoms. The smallest absolute Gasteiger partial charge is 0.305 e. The summed E-state index contributed by atoms with van der Waals surface area (Å²) in [6.45, 7) is 0.0739. The number of amides is 1. The van der Waals surface area contributed by atoms with E-state index < -0.39 is 30.2 Å². The van der Waals surface area contributed by atoms with Crippen molar-refractivity contribution in [2.45, 2.75) is 19.0 Å². The molecular formula is C11H12BrFN2O3. The summed E-state index contributed by atoms with van der Waals surface area (Å²) >= 11 is 3.21. The van der Waals surface area contributed by atoms with Crippen molar-refractivity contribution >= 4 is 27.8 Å². The lowest BCUT2D eigenvalue weighted by atomic mass is 10.2. The average molecular weight is 319 g/mol. The van der Waals surface area contributed by atoms with Crippen molar-refractivity contribution in [2.75, 3.05) is 0 Å². The van der Waals surface area contributed by atoms with E-state index in [0.29, 0.717) is 10.0 Å². The number of carboxylic acids is 1. The van der Waals surface area contributed by atoms with Crippen LogP contribution in [0, 0.1) is 5.82 Å². The van der Waals surface area contributed by atoms with Gasteiger partial charge in [0, 0.05) is 11.0 Å². The number of hydrogen-bond donors (Lipinski definition) is 3. The van der Waals surface area contributed by atoms with Crippen LogP contribution in [0.25, 0.3) is 0 Å². The third-order valence-electron chi connectivity index (χ3n) is 2.19. The molecule has 4 N–H and O–H groups in total. The summed E-state index contributed by atoms with van der Waals surface area (Å²) in [4.78, 5) is 21.8. The monoisotopic (exact) mass is 318 g/mol. The van der Waals surface area contributed by atoms with Crippen molar-refractivity contribution in [2.24, 2.45) is 5.73 Å². The van der Waals surface area contributed by atoms with Crippen LogP contribution in [0.5, 0.6) is 0 Å². The number of hydrogen-bond acceptors (Lipinski definition) is 3. The highest BCUT2D eigenvalue weighted by Crippen LogP contribution is 2.17. The van der Waals surface area contributed by atoms with E-state index in [1.807, 2.05) is 0 Å². The Bertz CT molecular complexity index is 468. The summed E-state index contributed by atoms with van der Waals surface area (Å²) in [6, 6.07) is 2.96. The highest BCUT2D eigenvalue weighted by molar-refractivity contribution is 9.10. The van der Waals surface area contributed by atoms with Gasteiger partial charge in [0.05, 0.1) is 12.5 Å². The average Bonchev–Trinajstić information content (AvgIpc) is 2.29. The van der Waals surface area contributed by atoms with E-state index in [2.05, 4.69) is 21.2 Å². The van der Waals surface area contributed by atoms with Gasteiger partial charge < -0.3 is 16.2 Å². The third-order valence-corrected chi connectivity index (χ3v) is 2.97. The van der Waals surface area contributed by atoms with Gasteiger partial charge in [-0.1, -0.05) is 15.9 Å². The summed E-state index contributed by atoms with van der Waals surface area (Å²) < 4.78 is 13.6. The van der Waals surface area contributed by atoms with Crippen LogP contribution in [-0.2, 0) is 16.1 Å². The normalized spacial score (nSPS) is 11.9. The van der Waals surface area contributed by atoms with Crippen LogP contribution in [0.15, 0.2) is 22.7 Å². The highest BCUT2D eigenvalue weighted by atomic mass is 79.9. The van der Waals surface area contributed by atoms with Gasteiger partial charge in [-0.3, -0.25) is 9.59 Å². The molecule has 0 saturated carbocycles. The number of carboxylic acid groups (broad SMARTS) is 1. The zero-order valence-corrected chi connectivity index (χ0v) is 10.9. The Labute approximate surface area is 111 Å². The van der Waals surface area contributed by atoms with Gasteiger partial charge in [0.15, 0.2) is 0 Å². The van der Waals surface area contributed by atoms with E-state index in [0.717, 1.165) is 0 Å². The van der Waals surface area contributed by atoms with Crippen LogP contribution in [0.3, 0.4) is 0 Å². The lowest BCUT2D eigenvalue weighted by Crippen LogP contribution is -2.41. The molecule has 0 heterocycles. The molecule has 0 aliphatic heterocycles. The zero-order chi connectivity index (χ0) is 13.7. The molecule has 1 aromatic rings. The Hall–Kier alpha value is -1.47. The number of carbonyl (C=O) groups excluding carboxylic acids is 1. The molecule has 0 aliphatic rings. The fourth-order valence-corrected chi connectivity index (χ4v) is 1.66. The maximum atomic E-state index is 13.0. The van der Waals surface area contributed by atoms with Gasteiger partial charge >= 0.3 is 5.97 Å². The molecule has 98 valence electrons. The molecule has 5 nitrogen and oxygen atoms in total. The third kappa shape index (κ3) is 4.42. The first-order chi connectivity index (χ1) is 8.40. The molecule has 0 aliphatic carbocycles. The van der Waals surface area contributed by atoms with Gasteiger partial charge in [-0.05, 0) is 23.8 Å². The van der Waals surface area contributed by atoms with Crippen LogP contribution in [-0.4, -0.2) is 23.0 Å². The zero-order valence-electron chi connectivity index (χ0n) is 9.32. The summed E-state index contributed by atoms with van der Waals surface area (Å²) in [5.41, 5.74) is 5.92. The molecule has 0 fully saturated rings. The SMILES string of the molecule is NC(CC(=O)O)C(=O)NCc1cc(F)ccc1Br. The molecule has 18 heavy (non-hydrogen) atoms. The predicted molar refractivity (Wildman–Crippen MR) is 66.2 cm³/mol. The molecule has 1 amide bonds. The van der Waals surface area contributed by atoms with E-state index in [1.54, 1.807) is 0 Å². The lowest BCUT2D eigenvalue weighted by Gasteiger charge is -2.11. The highest BCUT2D eigenvalue weighted by Gasteiger charge is 2.16. The van der Waals surface area contributed by atoms with Crippen LogP contribution < -0.4 is 11.1 Å². The molecule has 0 spiro atoms. The fourth-order valence-electron chi connectivity index (χ4n) is 1.27. The van der Waals surface area contributed by atoms with Gasteiger partial charge in [-0.2, -0.15) is 0 Å². The number of benzene rings is 1. The van der Waals surface area contributed by atoms with Crippen molar-refractivity contribution in [3.05, 3.63) is 34.1 Å². The van der Waals surface area contributed by atoms with Crippen LogP contribution in [0.1, 0.15) is 12.0 Å². The van der Waals surface area contributed by atoms with E-state index in [9.17, 15) is 14.0 Å². The molecule has 1 rings (SSSR count). The molecule has 1 atom stereocenters. The first-order valence-electron chi connectivity index (χ1n) is 5.09. The largest absolute Gasteiger partial charge is 0.481 e. The van der Waals surface area contributed by atoms with Crippen molar-refractivity contribution in [3.63, 3.8) is 0 Å². The molecule has 0 bridgehead atoms. The minimum Gasteiger partial charge on any atom is -0.481 e. The lowest BCUT2D eigenvalue weighted by molar-refractivity contribution is -0.139. The quantitative estimate of drug-likeness (QED) is 0.755. The summed E-state index contributed by atoms with van der Waals surface area (Å²) in [5.74, 6) is -2.16. The summed E-state index contributed by atoms with van der Waals surface area (Å²) in [7, 11) is 0. The molecular weight excluding hydrogens is 307 g/mol. The second-order valence-corrected chi connectivity index (χ2v) is 4.51. The Morgan fingerprint density at radius 2 is 2.17 bits per heavy atom. The number of halogens is 2. The summed E-state index contributed by atoms with van der Waals surface area (Å²) in [5, 5.41) is 10.9. The molecule has 1 unspecified atom stereocenters. The Morgan fingerprint density at radius 1 is 1.50 bits per heavy atom. The Kier molecular flexibility index (Phi) is 5.24. The van der Waals surface area contributed by atoms with Crippen LogP contribution >= 0.6 is 15.9 Å². The van der Waals surface area contributed by atoms with Gasteiger partial charge in [-0.15, -0.1) is 0 Å². The molecule has 0 aromatic heterocycles. The Morgan fingerprint density at radius 3 is 2.78 bits per heavy atom. The van der Waals surface area contributed by atoms with E-state index in [4.69, 9.17) is 10.8 Å². The minimum atomic E-state index is -1.15. The first-order valence-corrected chi connectivity index (χ1v) is 5.88. The number of rotatable bonds is 5. The summed E-state index contributed by atoms with van der Waals surface area (Å²) in [6.07, 6.45) is -0.448. The standard InChI is InChI=1S/C11H12BrFN2O3/c12-8-2-1-7(13)3-6(8)5-15-11(18)9(14)4-10(16)17/h1-3,9H,4-5,14H2,(H,15,18)(H,16,17). The maximum absolute atomic E-state index is 13.0. The maximum Gasteiger partial charge on any atom is 0.305 e. The second-order valence-electron chi connectivity index (χ2n) is 3.66. The number of aliphatic carboxylic acids is 1. The first kappa shape index (κ1) is 14.6. The van der Waals surface area contributed by atoms with E-state index >= 15 is 0 Å². The van der Waals surface area contributed by atoms with E-state index in [1.165, 1.54) is 18.2 Å². The van der Waals surface area contributed by atoms with Crippen molar-refractivity contribution in [1.82, 2.24) is 5.32 Å². The van der Waals surface area contributed by atoms with Crippen molar-refractivity contribution in [3.8, 4) is 0 Å². The van der Waals surface area contributed by atoms with Crippen molar-refractivity contribution in [1.29, 1.82) is 0 Å². The number of nitrogens with one attached hydrogen (secondary N) is 1. The minimum absolute atomic E-state index is 0.0739. The molecule has 0 saturated heterocycles. The van der Waals surface area contributed by atoms with Crippen molar-refractivity contribution < 1.29 is 19.1 Å². The van der Waals surface area contributed by atoms with E-state index in [-0.39, 0.29) is 6.54 Å². The number of carbonyl (C=O) groups is 2. The predicted octanol–water partition coefficient (Wildman–Crippen LogP) is 1.01. The topological polar surface area (TPSA) is 92.4 Å². The van der Waals surface area contributed by atoms with Crippen LogP contribution in [0.2, 0.25) is 0 Å². The van der Waals surface area contributed by atoms with Gasteiger partial charge in [0.25, 0.3) is 0 Å².